The standard InChI is InChI=1S/C17H21NO2/c1-3-15(12-5-7-13(19)8-6-12)16(4-2)17-10-9-14(20)11-18-17/h5-11,15-16,19-20H,3-4H2,1-2H3/t15-,16+/m1/s1. The SMILES string of the molecule is CC[C@H](c1ccc(O)cc1)[C@H](CC)c1ccc(O)cn1. The van der Waals surface area contributed by atoms with Crippen LogP contribution in [0.4, 0.5) is 0 Å². The van der Waals surface area contributed by atoms with Crippen molar-refractivity contribution in [3.8, 4) is 11.5 Å². The molecule has 2 rings (SSSR count). The number of nitrogens with zero attached hydrogens (tertiary/aromatic N) is 1. The van der Waals surface area contributed by atoms with Crippen molar-refractivity contribution in [1.82, 2.24) is 4.98 Å². The number of benzene rings is 1. The van der Waals surface area contributed by atoms with E-state index in [9.17, 15) is 10.2 Å². The Morgan fingerprint density at radius 2 is 1.45 bits per heavy atom. The third-order valence-corrected chi connectivity index (χ3v) is 3.84. The van der Waals surface area contributed by atoms with Crippen molar-refractivity contribution in [3.63, 3.8) is 0 Å². The lowest BCUT2D eigenvalue weighted by atomic mass is 9.80. The molecule has 0 fully saturated rings. The first kappa shape index (κ1) is 14.4. The molecule has 20 heavy (non-hydrogen) atoms. The number of aromatic nitrogens is 1. The second kappa shape index (κ2) is 6.42. The van der Waals surface area contributed by atoms with Crippen LogP contribution in [0.25, 0.3) is 0 Å². The number of aromatic hydroxyl groups is 2. The van der Waals surface area contributed by atoms with Crippen LogP contribution in [0, 0.1) is 0 Å². The summed E-state index contributed by atoms with van der Waals surface area (Å²) in [5.41, 5.74) is 2.22. The predicted molar refractivity (Wildman–Crippen MR) is 80.1 cm³/mol. The number of rotatable bonds is 5. The Kier molecular flexibility index (Phi) is 4.61. The van der Waals surface area contributed by atoms with Gasteiger partial charge in [-0.15, -0.1) is 0 Å². The number of hydrogen-bond donors (Lipinski definition) is 2. The van der Waals surface area contributed by atoms with E-state index >= 15 is 0 Å². The third-order valence-electron chi connectivity index (χ3n) is 3.84. The molecular weight excluding hydrogens is 250 g/mol. The van der Waals surface area contributed by atoms with Crippen molar-refractivity contribution in [2.45, 2.75) is 38.5 Å². The third kappa shape index (κ3) is 3.10. The highest BCUT2D eigenvalue weighted by molar-refractivity contribution is 5.31. The Labute approximate surface area is 119 Å². The first-order valence-corrected chi connectivity index (χ1v) is 7.09. The maximum absolute atomic E-state index is 9.41. The van der Waals surface area contributed by atoms with Gasteiger partial charge in [0.1, 0.15) is 11.5 Å². The van der Waals surface area contributed by atoms with Crippen LogP contribution >= 0.6 is 0 Å². The van der Waals surface area contributed by atoms with Gasteiger partial charge in [-0.1, -0.05) is 26.0 Å². The van der Waals surface area contributed by atoms with Gasteiger partial charge in [0.15, 0.2) is 0 Å². The molecule has 3 nitrogen and oxygen atoms in total. The molecule has 0 aliphatic rings. The van der Waals surface area contributed by atoms with Crippen molar-refractivity contribution < 1.29 is 10.2 Å². The van der Waals surface area contributed by atoms with Gasteiger partial charge < -0.3 is 10.2 Å². The van der Waals surface area contributed by atoms with Gasteiger partial charge in [0.05, 0.1) is 6.20 Å². The number of phenolic OH excluding ortho intramolecular Hbond substituents is 1. The Morgan fingerprint density at radius 3 is 1.95 bits per heavy atom. The predicted octanol–water partition coefficient (Wildman–Crippen LogP) is 4.18. The zero-order valence-electron chi connectivity index (χ0n) is 12.0. The van der Waals surface area contributed by atoms with E-state index < -0.39 is 0 Å². The van der Waals surface area contributed by atoms with E-state index in [1.54, 1.807) is 18.2 Å². The van der Waals surface area contributed by atoms with E-state index in [1.807, 2.05) is 18.2 Å². The van der Waals surface area contributed by atoms with E-state index in [4.69, 9.17) is 0 Å². The number of phenols is 1. The Bertz CT molecular complexity index is 482. The van der Waals surface area contributed by atoms with Crippen molar-refractivity contribution in [2.75, 3.05) is 0 Å². The van der Waals surface area contributed by atoms with Gasteiger partial charge in [0.2, 0.25) is 0 Å². The Morgan fingerprint density at radius 1 is 0.850 bits per heavy atom. The van der Waals surface area contributed by atoms with Gasteiger partial charge >= 0.3 is 0 Å². The summed E-state index contributed by atoms with van der Waals surface area (Å²) in [5.74, 6) is 1.16. The molecule has 2 N–H and O–H groups in total. The summed E-state index contributed by atoms with van der Waals surface area (Å²) in [6.07, 6.45) is 3.49. The number of pyridine rings is 1. The Hall–Kier alpha value is -2.03. The molecule has 2 aromatic rings. The molecule has 0 saturated carbocycles. The topological polar surface area (TPSA) is 53.4 Å². The van der Waals surface area contributed by atoms with E-state index in [-0.39, 0.29) is 5.75 Å². The fourth-order valence-corrected chi connectivity index (χ4v) is 2.79. The fourth-order valence-electron chi connectivity index (χ4n) is 2.79. The molecule has 0 saturated heterocycles. The summed E-state index contributed by atoms with van der Waals surface area (Å²) in [4.78, 5) is 4.36. The van der Waals surface area contributed by atoms with Crippen molar-refractivity contribution in [2.24, 2.45) is 0 Å². The van der Waals surface area contributed by atoms with Crippen LogP contribution in [0.3, 0.4) is 0 Å². The lowest BCUT2D eigenvalue weighted by molar-refractivity contribution is 0.464. The second-order valence-corrected chi connectivity index (χ2v) is 5.06. The summed E-state index contributed by atoms with van der Waals surface area (Å²) in [6, 6.07) is 11.0. The normalized spacial score (nSPS) is 13.9. The van der Waals surface area contributed by atoms with Crippen LogP contribution in [0.1, 0.15) is 49.8 Å². The first-order chi connectivity index (χ1) is 9.65. The van der Waals surface area contributed by atoms with Crippen LogP contribution in [0.15, 0.2) is 42.6 Å². The molecule has 3 heteroatoms. The minimum Gasteiger partial charge on any atom is -0.508 e. The highest BCUT2D eigenvalue weighted by atomic mass is 16.3. The summed E-state index contributed by atoms with van der Waals surface area (Å²) in [7, 11) is 0. The quantitative estimate of drug-likeness (QED) is 0.857. The molecule has 0 amide bonds. The van der Waals surface area contributed by atoms with Crippen LogP contribution in [-0.4, -0.2) is 15.2 Å². The van der Waals surface area contributed by atoms with Crippen molar-refractivity contribution in [3.05, 3.63) is 53.9 Å². The molecule has 0 bridgehead atoms. The van der Waals surface area contributed by atoms with Crippen LogP contribution in [0.5, 0.6) is 11.5 Å². The molecule has 0 radical (unpaired) electrons. The van der Waals surface area contributed by atoms with Crippen LogP contribution in [-0.2, 0) is 0 Å². The minimum atomic E-state index is 0.196. The average Bonchev–Trinajstić information content (AvgIpc) is 2.47. The van der Waals surface area contributed by atoms with Gasteiger partial charge in [-0.3, -0.25) is 4.98 Å². The largest absolute Gasteiger partial charge is 0.508 e. The zero-order chi connectivity index (χ0) is 14.5. The van der Waals surface area contributed by atoms with Crippen molar-refractivity contribution in [1.29, 1.82) is 0 Å². The van der Waals surface area contributed by atoms with E-state index in [1.165, 1.54) is 11.8 Å². The summed E-state index contributed by atoms with van der Waals surface area (Å²) < 4.78 is 0. The lowest BCUT2D eigenvalue weighted by Crippen LogP contribution is -2.11. The molecule has 0 aliphatic carbocycles. The first-order valence-electron chi connectivity index (χ1n) is 7.09. The van der Waals surface area contributed by atoms with Gasteiger partial charge in [0, 0.05) is 11.6 Å². The van der Waals surface area contributed by atoms with Crippen LogP contribution in [0.2, 0.25) is 0 Å². The number of hydrogen-bond acceptors (Lipinski definition) is 3. The second-order valence-electron chi connectivity index (χ2n) is 5.06. The molecular formula is C17H21NO2. The maximum atomic E-state index is 9.41. The van der Waals surface area contributed by atoms with Gasteiger partial charge in [-0.05, 0) is 48.6 Å². The Balaban J connectivity index is 2.32. The van der Waals surface area contributed by atoms with Gasteiger partial charge in [-0.25, -0.2) is 0 Å². The smallest absolute Gasteiger partial charge is 0.133 e. The highest BCUT2D eigenvalue weighted by Crippen LogP contribution is 2.37. The van der Waals surface area contributed by atoms with E-state index in [0.717, 1.165) is 18.5 Å². The monoisotopic (exact) mass is 271 g/mol. The molecule has 106 valence electrons. The van der Waals surface area contributed by atoms with Crippen molar-refractivity contribution >= 4 is 0 Å². The molecule has 1 aromatic heterocycles. The minimum absolute atomic E-state index is 0.196. The molecule has 2 atom stereocenters. The van der Waals surface area contributed by atoms with Gasteiger partial charge in [-0.2, -0.15) is 0 Å². The molecule has 0 spiro atoms. The average molecular weight is 271 g/mol. The molecule has 0 unspecified atom stereocenters. The summed E-state index contributed by atoms with van der Waals surface area (Å²) in [5, 5.41) is 18.8. The maximum Gasteiger partial charge on any atom is 0.133 e. The van der Waals surface area contributed by atoms with Crippen LogP contribution < -0.4 is 0 Å². The zero-order valence-corrected chi connectivity index (χ0v) is 12.0. The lowest BCUT2D eigenvalue weighted by Gasteiger charge is -2.25. The molecule has 1 aromatic carbocycles. The molecule has 1 heterocycles. The highest BCUT2D eigenvalue weighted by Gasteiger charge is 2.23. The fraction of sp³-hybridized carbons (Fsp3) is 0.353. The van der Waals surface area contributed by atoms with E-state index in [2.05, 4.69) is 18.8 Å². The summed E-state index contributed by atoms with van der Waals surface area (Å²) in [6.45, 7) is 4.32. The van der Waals surface area contributed by atoms with E-state index in [0.29, 0.717) is 17.6 Å². The van der Waals surface area contributed by atoms with Gasteiger partial charge in [0.25, 0.3) is 0 Å². The summed E-state index contributed by atoms with van der Waals surface area (Å²) >= 11 is 0. The molecule has 0 aliphatic heterocycles.